The van der Waals surface area contributed by atoms with Crippen LogP contribution >= 0.6 is 0 Å². The van der Waals surface area contributed by atoms with Gasteiger partial charge in [0.1, 0.15) is 11.4 Å². The molecule has 0 saturated heterocycles. The molecule has 2 saturated carbocycles. The second-order valence-electron chi connectivity index (χ2n) is 7.87. The van der Waals surface area contributed by atoms with Crippen LogP contribution in [0.5, 0.6) is 0 Å². The number of aromatic carboxylic acids is 1. The van der Waals surface area contributed by atoms with Crippen LogP contribution < -0.4 is 5.32 Å². The van der Waals surface area contributed by atoms with Gasteiger partial charge in [-0.2, -0.15) is 0 Å². The Morgan fingerprint density at radius 1 is 1.22 bits per heavy atom. The number of carbonyl (C=O) groups is 1. The van der Waals surface area contributed by atoms with E-state index in [0.717, 1.165) is 41.9 Å². The fourth-order valence-electron chi connectivity index (χ4n) is 3.96. The van der Waals surface area contributed by atoms with Gasteiger partial charge in [-0.05, 0) is 67.3 Å². The van der Waals surface area contributed by atoms with E-state index in [2.05, 4.69) is 33.2 Å². The van der Waals surface area contributed by atoms with E-state index in [1.165, 1.54) is 24.8 Å². The van der Waals surface area contributed by atoms with Crippen LogP contribution in [0.4, 0.5) is 11.5 Å². The van der Waals surface area contributed by atoms with Crippen molar-refractivity contribution in [1.29, 1.82) is 0 Å². The number of carboxylic acid groups (broad SMARTS) is 1. The molecule has 5 rings (SSSR count). The molecular weight excluding hydrogens is 338 g/mol. The summed E-state index contributed by atoms with van der Waals surface area (Å²) in [5, 5.41) is 14.0. The highest BCUT2D eigenvalue weighted by atomic mass is 16.4. The van der Waals surface area contributed by atoms with E-state index in [-0.39, 0.29) is 5.56 Å². The van der Waals surface area contributed by atoms with Crippen LogP contribution in [0.25, 0.3) is 10.9 Å². The number of carboxylic acids is 1. The Morgan fingerprint density at radius 3 is 2.78 bits per heavy atom. The van der Waals surface area contributed by atoms with Crippen molar-refractivity contribution in [3.8, 4) is 0 Å². The van der Waals surface area contributed by atoms with Crippen LogP contribution in [-0.4, -0.2) is 20.6 Å². The lowest BCUT2D eigenvalue weighted by atomic mass is 9.85. The van der Waals surface area contributed by atoms with Gasteiger partial charge >= 0.3 is 5.97 Å². The van der Waals surface area contributed by atoms with Crippen LogP contribution in [0.3, 0.4) is 0 Å². The predicted molar refractivity (Wildman–Crippen MR) is 106 cm³/mol. The summed E-state index contributed by atoms with van der Waals surface area (Å²) in [5.74, 6) is 0.731. The predicted octanol–water partition coefficient (Wildman–Crippen LogP) is 5.16. The number of pyridine rings is 1. The Bertz CT molecular complexity index is 1020. The molecule has 0 radical (unpaired) electrons. The van der Waals surface area contributed by atoms with Gasteiger partial charge in [-0.25, -0.2) is 9.78 Å². The maximum atomic E-state index is 11.8. The first-order chi connectivity index (χ1) is 13.2. The normalized spacial score (nSPS) is 17.0. The van der Waals surface area contributed by atoms with Crippen molar-refractivity contribution in [2.75, 3.05) is 5.32 Å². The number of benzene rings is 1. The fraction of sp³-hybridized carbons (Fsp3) is 0.364. The highest BCUT2D eigenvalue weighted by Crippen LogP contribution is 2.41. The summed E-state index contributed by atoms with van der Waals surface area (Å²) in [5.41, 5.74) is 3.35. The van der Waals surface area contributed by atoms with Gasteiger partial charge in [-0.1, -0.05) is 12.5 Å². The summed E-state index contributed by atoms with van der Waals surface area (Å²) in [4.78, 5) is 16.2. The lowest BCUT2D eigenvalue weighted by molar-refractivity contribution is 0.0697. The second kappa shape index (κ2) is 6.41. The quantitative estimate of drug-likeness (QED) is 0.637. The molecule has 0 unspecified atom stereocenters. The highest BCUT2D eigenvalue weighted by molar-refractivity contribution is 5.98. The molecule has 3 aromatic rings. The summed E-state index contributed by atoms with van der Waals surface area (Å²) in [6.07, 6.45) is 10.2. The third kappa shape index (κ3) is 3.07. The van der Waals surface area contributed by atoms with Crippen molar-refractivity contribution < 1.29 is 9.90 Å². The monoisotopic (exact) mass is 361 g/mol. The Hall–Kier alpha value is -2.82. The maximum Gasteiger partial charge on any atom is 0.339 e. The molecule has 2 aromatic heterocycles. The first-order valence-corrected chi connectivity index (χ1v) is 9.77. The molecule has 0 atom stereocenters. The molecule has 1 aromatic carbocycles. The average Bonchev–Trinajstić information content (AvgIpc) is 3.39. The van der Waals surface area contributed by atoms with Gasteiger partial charge in [0.2, 0.25) is 0 Å². The van der Waals surface area contributed by atoms with Crippen molar-refractivity contribution in [3.05, 3.63) is 53.9 Å². The highest BCUT2D eigenvalue weighted by Gasteiger charge is 2.26. The van der Waals surface area contributed by atoms with E-state index in [4.69, 9.17) is 0 Å². The summed E-state index contributed by atoms with van der Waals surface area (Å²) in [6, 6.07) is 10.0. The van der Waals surface area contributed by atoms with Gasteiger partial charge in [0.15, 0.2) is 0 Å². The molecule has 138 valence electrons. The maximum absolute atomic E-state index is 11.8. The Morgan fingerprint density at radius 2 is 2.07 bits per heavy atom. The zero-order chi connectivity index (χ0) is 18.4. The smallest absolute Gasteiger partial charge is 0.339 e. The van der Waals surface area contributed by atoms with Gasteiger partial charge in [-0.3, -0.25) is 0 Å². The minimum atomic E-state index is -0.942. The number of aromatic nitrogens is 2. The first-order valence-electron chi connectivity index (χ1n) is 9.77. The van der Waals surface area contributed by atoms with Crippen molar-refractivity contribution in [2.45, 2.75) is 44.6 Å². The number of hydrogen-bond acceptors (Lipinski definition) is 3. The first kappa shape index (κ1) is 16.4. The van der Waals surface area contributed by atoms with Crippen molar-refractivity contribution >= 4 is 28.4 Å². The van der Waals surface area contributed by atoms with Gasteiger partial charge in [0.05, 0.1) is 5.52 Å². The van der Waals surface area contributed by atoms with E-state index in [1.54, 1.807) is 6.07 Å². The largest absolute Gasteiger partial charge is 0.478 e. The third-order valence-electron chi connectivity index (χ3n) is 5.93. The van der Waals surface area contributed by atoms with Gasteiger partial charge in [0, 0.05) is 30.0 Å². The molecule has 27 heavy (non-hydrogen) atoms. The number of nitrogens with one attached hydrogen (secondary N) is 1. The molecule has 5 nitrogen and oxygen atoms in total. The lowest BCUT2D eigenvalue weighted by Crippen LogP contribution is -2.17. The SMILES string of the molecule is O=C(O)c1cc(C2CC2)cnc1Nc1cccc2c1ccn2CC1CCC1. The van der Waals surface area contributed by atoms with Crippen molar-refractivity contribution in [1.82, 2.24) is 9.55 Å². The summed E-state index contributed by atoms with van der Waals surface area (Å²) in [7, 11) is 0. The zero-order valence-corrected chi connectivity index (χ0v) is 15.2. The van der Waals surface area contributed by atoms with Gasteiger partial charge in [-0.15, -0.1) is 0 Å². The molecule has 2 heterocycles. The molecular formula is C22H23N3O2. The number of rotatable bonds is 6. The number of nitrogens with zero attached hydrogens (tertiary/aromatic N) is 2. The number of fused-ring (bicyclic) bond motifs is 1. The average molecular weight is 361 g/mol. The molecule has 0 bridgehead atoms. The van der Waals surface area contributed by atoms with E-state index in [0.29, 0.717) is 11.7 Å². The minimum Gasteiger partial charge on any atom is -0.478 e. The number of hydrogen-bond donors (Lipinski definition) is 2. The Kier molecular flexibility index (Phi) is 3.88. The van der Waals surface area contributed by atoms with Crippen LogP contribution in [0.2, 0.25) is 0 Å². The van der Waals surface area contributed by atoms with Crippen LogP contribution in [0.1, 0.15) is 53.9 Å². The van der Waals surface area contributed by atoms with E-state index >= 15 is 0 Å². The Labute approximate surface area is 158 Å². The molecule has 0 spiro atoms. The lowest BCUT2D eigenvalue weighted by Gasteiger charge is -2.26. The van der Waals surface area contributed by atoms with Gasteiger partial charge < -0.3 is 15.0 Å². The molecule has 2 fully saturated rings. The summed E-state index contributed by atoms with van der Waals surface area (Å²) in [6.45, 7) is 1.06. The second-order valence-corrected chi connectivity index (χ2v) is 7.87. The molecule has 2 aliphatic carbocycles. The number of anilines is 2. The standard InChI is InChI=1S/C22H23N3O2/c26-22(27)18-11-16(15-7-8-15)12-23-21(18)24-19-5-2-6-20-17(19)9-10-25(20)13-14-3-1-4-14/h2,5-6,9-12,14-15H,1,3-4,7-8,13H2,(H,23,24)(H,26,27). The van der Waals surface area contributed by atoms with E-state index < -0.39 is 5.97 Å². The van der Waals surface area contributed by atoms with E-state index in [1.807, 2.05) is 18.3 Å². The summed E-state index contributed by atoms with van der Waals surface area (Å²) < 4.78 is 2.31. The van der Waals surface area contributed by atoms with Crippen molar-refractivity contribution in [2.24, 2.45) is 5.92 Å². The van der Waals surface area contributed by atoms with Crippen LogP contribution in [-0.2, 0) is 6.54 Å². The van der Waals surface area contributed by atoms with Crippen LogP contribution in [0.15, 0.2) is 42.7 Å². The molecule has 2 aliphatic rings. The fourth-order valence-corrected chi connectivity index (χ4v) is 3.96. The third-order valence-corrected chi connectivity index (χ3v) is 5.93. The minimum absolute atomic E-state index is 0.241. The molecule has 0 aliphatic heterocycles. The molecule has 0 amide bonds. The van der Waals surface area contributed by atoms with E-state index in [9.17, 15) is 9.90 Å². The zero-order valence-electron chi connectivity index (χ0n) is 15.2. The molecule has 2 N–H and O–H groups in total. The van der Waals surface area contributed by atoms with Gasteiger partial charge in [0.25, 0.3) is 0 Å². The van der Waals surface area contributed by atoms with Crippen LogP contribution in [0, 0.1) is 5.92 Å². The topological polar surface area (TPSA) is 67.2 Å². The Balaban J connectivity index is 1.48. The summed E-state index contributed by atoms with van der Waals surface area (Å²) >= 11 is 0. The van der Waals surface area contributed by atoms with Crippen molar-refractivity contribution in [3.63, 3.8) is 0 Å². The molecule has 5 heteroatoms.